The van der Waals surface area contributed by atoms with Crippen molar-refractivity contribution < 1.29 is 37.0 Å². The average molecular weight is 738 g/mol. The molecule has 51 heavy (non-hydrogen) atoms. The van der Waals surface area contributed by atoms with Gasteiger partial charge in [-0.1, -0.05) is 61.0 Å². The lowest BCUT2D eigenvalue weighted by atomic mass is 10.0. The summed E-state index contributed by atoms with van der Waals surface area (Å²) in [5.41, 5.74) is 1.51. The molecule has 0 aliphatic heterocycles. The minimum absolute atomic E-state index is 0.0374. The van der Waals surface area contributed by atoms with E-state index >= 15 is 0 Å². The molecule has 0 heterocycles. The molecule has 4 aromatic rings. The second-order valence-corrected chi connectivity index (χ2v) is 14.0. The van der Waals surface area contributed by atoms with E-state index in [9.17, 15) is 18.0 Å². The third-order valence-corrected chi connectivity index (χ3v) is 10.4. The fourth-order valence-electron chi connectivity index (χ4n) is 5.44. The number of nitrogens with one attached hydrogen (secondary N) is 1. The van der Waals surface area contributed by atoms with E-state index in [0.717, 1.165) is 9.87 Å². The van der Waals surface area contributed by atoms with Crippen molar-refractivity contribution in [2.24, 2.45) is 0 Å². The molecule has 0 spiro atoms. The molecule has 2 amide bonds. The van der Waals surface area contributed by atoms with E-state index < -0.39 is 28.5 Å². The highest BCUT2D eigenvalue weighted by Gasteiger charge is 2.36. The molecular weight excluding hydrogens is 694 g/mol. The maximum Gasteiger partial charge on any atom is 0.265 e. The van der Waals surface area contributed by atoms with Crippen molar-refractivity contribution in [1.29, 1.82) is 0 Å². The summed E-state index contributed by atoms with van der Waals surface area (Å²) in [6, 6.07) is 23.9. The summed E-state index contributed by atoms with van der Waals surface area (Å²) in [6.45, 7) is 3.09. The number of carbonyl (C=O) groups excluding carboxylic acids is 2. The predicted molar refractivity (Wildman–Crippen MR) is 197 cm³/mol. The molecular formula is C38H44ClN3O8S. The number of halogens is 1. The summed E-state index contributed by atoms with van der Waals surface area (Å²) in [5.74, 6) is -0.0294. The van der Waals surface area contributed by atoms with E-state index in [4.69, 9.17) is 30.5 Å². The highest BCUT2D eigenvalue weighted by molar-refractivity contribution is 7.92. The van der Waals surface area contributed by atoms with Crippen LogP contribution >= 0.6 is 11.6 Å². The van der Waals surface area contributed by atoms with Gasteiger partial charge in [-0.3, -0.25) is 13.9 Å². The molecule has 0 fully saturated rings. The van der Waals surface area contributed by atoms with Crippen LogP contribution in [-0.2, 0) is 32.6 Å². The van der Waals surface area contributed by atoms with E-state index in [-0.39, 0.29) is 47.0 Å². The topological polar surface area (TPSA) is 124 Å². The van der Waals surface area contributed by atoms with Crippen LogP contribution in [0.25, 0.3) is 0 Å². The molecule has 1 N–H and O–H groups in total. The zero-order valence-electron chi connectivity index (χ0n) is 29.6. The van der Waals surface area contributed by atoms with Crippen molar-refractivity contribution in [3.63, 3.8) is 0 Å². The largest absolute Gasteiger partial charge is 0.497 e. The number of benzene rings is 4. The number of amides is 2. The molecule has 4 rings (SSSR count). The van der Waals surface area contributed by atoms with Crippen molar-refractivity contribution in [3.05, 3.63) is 107 Å². The highest BCUT2D eigenvalue weighted by atomic mass is 35.5. The van der Waals surface area contributed by atoms with Crippen LogP contribution in [0.4, 0.5) is 5.69 Å². The van der Waals surface area contributed by atoms with E-state index in [1.54, 1.807) is 36.4 Å². The number of ether oxygens (including phenoxy) is 4. The minimum Gasteiger partial charge on any atom is -0.497 e. The van der Waals surface area contributed by atoms with Crippen LogP contribution in [0, 0.1) is 0 Å². The van der Waals surface area contributed by atoms with Gasteiger partial charge in [-0.25, -0.2) is 8.42 Å². The third kappa shape index (κ3) is 9.65. The SMILES string of the molecule is CC[C@@H](C)NC(=O)[C@H](Cc1ccccc1)N(Cc1cccc(Cl)c1)C(=O)CN(c1cc(OC)ccc1OC)S(=O)(=O)c1ccc(OC)c(OC)c1. The van der Waals surface area contributed by atoms with Gasteiger partial charge in [0.1, 0.15) is 24.1 Å². The van der Waals surface area contributed by atoms with Gasteiger partial charge >= 0.3 is 0 Å². The van der Waals surface area contributed by atoms with Crippen molar-refractivity contribution in [1.82, 2.24) is 10.2 Å². The standard InChI is InChI=1S/C38H44ClN3O8S/c1-7-26(2)40-38(44)33(21-27-12-9-8-10-13-27)41(24-28-14-11-15-29(39)20-28)37(43)25-42(32-22-30(47-3)16-18-34(32)48-4)51(45,46)31-17-19-35(49-5)36(23-31)50-6/h8-20,22-23,26,33H,7,21,24-25H2,1-6H3,(H,40,44)/t26-,33+/m1/s1. The third-order valence-electron chi connectivity index (χ3n) is 8.39. The van der Waals surface area contributed by atoms with Crippen LogP contribution < -0.4 is 28.6 Å². The molecule has 11 nitrogen and oxygen atoms in total. The summed E-state index contributed by atoms with van der Waals surface area (Å²) in [4.78, 5) is 30.2. The summed E-state index contributed by atoms with van der Waals surface area (Å²) in [7, 11) is 1.17. The number of hydrogen-bond acceptors (Lipinski definition) is 8. The number of methoxy groups -OCH3 is 4. The lowest BCUT2D eigenvalue weighted by Gasteiger charge is -2.34. The first-order chi connectivity index (χ1) is 24.4. The number of sulfonamides is 1. The van der Waals surface area contributed by atoms with Crippen molar-refractivity contribution in [2.45, 2.75) is 50.2 Å². The first-order valence-electron chi connectivity index (χ1n) is 16.3. The summed E-state index contributed by atoms with van der Waals surface area (Å²) in [5, 5.41) is 3.47. The van der Waals surface area contributed by atoms with Gasteiger partial charge in [0.2, 0.25) is 11.8 Å². The summed E-state index contributed by atoms with van der Waals surface area (Å²) < 4.78 is 52.1. The molecule has 0 aromatic heterocycles. The van der Waals surface area contributed by atoms with Gasteiger partial charge in [0.15, 0.2) is 11.5 Å². The number of carbonyl (C=O) groups is 2. The van der Waals surface area contributed by atoms with Crippen LogP contribution in [0.15, 0.2) is 95.9 Å². The molecule has 0 saturated heterocycles. The highest BCUT2D eigenvalue weighted by Crippen LogP contribution is 2.38. The molecule has 13 heteroatoms. The predicted octanol–water partition coefficient (Wildman–Crippen LogP) is 6.12. The average Bonchev–Trinajstić information content (AvgIpc) is 3.14. The Hall–Kier alpha value is -4.94. The molecule has 0 unspecified atom stereocenters. The van der Waals surface area contributed by atoms with Crippen molar-refractivity contribution in [3.8, 4) is 23.0 Å². The van der Waals surface area contributed by atoms with Gasteiger partial charge in [0, 0.05) is 36.2 Å². The molecule has 0 bridgehead atoms. The minimum atomic E-state index is -4.51. The number of hydrogen-bond donors (Lipinski definition) is 1. The van der Waals surface area contributed by atoms with Gasteiger partial charge in [-0.15, -0.1) is 0 Å². The van der Waals surface area contributed by atoms with Gasteiger partial charge in [0.25, 0.3) is 10.0 Å². The second kappa shape index (κ2) is 17.8. The van der Waals surface area contributed by atoms with E-state index in [1.165, 1.54) is 57.6 Å². The van der Waals surface area contributed by atoms with E-state index in [0.29, 0.717) is 28.5 Å². The Labute approximate surface area is 305 Å². The second-order valence-electron chi connectivity index (χ2n) is 11.7. The fourth-order valence-corrected chi connectivity index (χ4v) is 7.08. The number of anilines is 1. The van der Waals surface area contributed by atoms with Crippen LogP contribution in [0.3, 0.4) is 0 Å². The van der Waals surface area contributed by atoms with Gasteiger partial charge in [-0.2, -0.15) is 0 Å². The zero-order chi connectivity index (χ0) is 37.1. The van der Waals surface area contributed by atoms with Gasteiger partial charge in [-0.05, 0) is 60.9 Å². The molecule has 0 saturated carbocycles. The maximum atomic E-state index is 14.9. The normalized spacial score (nSPS) is 12.3. The van der Waals surface area contributed by atoms with Crippen LogP contribution in [0.5, 0.6) is 23.0 Å². The molecule has 0 aliphatic rings. The molecule has 4 aromatic carbocycles. The van der Waals surface area contributed by atoms with E-state index in [2.05, 4.69) is 5.32 Å². The molecule has 2 atom stereocenters. The van der Waals surface area contributed by atoms with Gasteiger partial charge in [0.05, 0.1) is 39.0 Å². The Morgan fingerprint density at radius 1 is 0.784 bits per heavy atom. The van der Waals surface area contributed by atoms with E-state index in [1.807, 2.05) is 44.2 Å². The summed E-state index contributed by atoms with van der Waals surface area (Å²) in [6.07, 6.45) is 0.833. The first kappa shape index (κ1) is 38.9. The fraction of sp³-hybridized carbons (Fsp3) is 0.316. The molecule has 272 valence electrons. The van der Waals surface area contributed by atoms with Crippen LogP contribution in [0.2, 0.25) is 5.02 Å². The lowest BCUT2D eigenvalue weighted by molar-refractivity contribution is -0.140. The number of rotatable bonds is 17. The molecule has 0 radical (unpaired) electrons. The first-order valence-corrected chi connectivity index (χ1v) is 18.1. The monoisotopic (exact) mass is 737 g/mol. The van der Waals surface area contributed by atoms with Gasteiger partial charge < -0.3 is 29.2 Å². The molecule has 0 aliphatic carbocycles. The number of nitrogens with zero attached hydrogens (tertiary/aromatic N) is 2. The quantitative estimate of drug-likeness (QED) is 0.138. The van der Waals surface area contributed by atoms with Crippen molar-refractivity contribution in [2.75, 3.05) is 39.3 Å². The maximum absolute atomic E-state index is 14.9. The Balaban J connectivity index is 1.90. The van der Waals surface area contributed by atoms with Crippen molar-refractivity contribution >= 4 is 39.1 Å². The van der Waals surface area contributed by atoms with Crippen LogP contribution in [0.1, 0.15) is 31.4 Å². The summed E-state index contributed by atoms with van der Waals surface area (Å²) >= 11 is 6.35. The Morgan fingerprint density at radius 3 is 2.08 bits per heavy atom. The smallest absolute Gasteiger partial charge is 0.265 e. The lowest BCUT2D eigenvalue weighted by Crippen LogP contribution is -2.54. The zero-order valence-corrected chi connectivity index (χ0v) is 31.2. The van der Waals surface area contributed by atoms with Crippen LogP contribution in [-0.4, -0.2) is 72.2 Å². The Kier molecular flexibility index (Phi) is 13.6. The Morgan fingerprint density at radius 2 is 1.45 bits per heavy atom. The Bertz CT molecular complexity index is 1910.